The predicted molar refractivity (Wildman–Crippen MR) is 123 cm³/mol. The van der Waals surface area contributed by atoms with E-state index in [1.54, 1.807) is 6.20 Å². The van der Waals surface area contributed by atoms with E-state index in [0.717, 1.165) is 29.0 Å². The first-order valence-electron chi connectivity index (χ1n) is 10.4. The maximum atomic E-state index is 12.6. The molecule has 1 saturated carbocycles. The van der Waals surface area contributed by atoms with Crippen molar-refractivity contribution in [2.45, 2.75) is 66.7 Å². The molecule has 2 aromatic rings. The molecule has 4 nitrogen and oxygen atoms in total. The van der Waals surface area contributed by atoms with Gasteiger partial charge in [-0.2, -0.15) is 5.26 Å². The molecular weight excluding hydrogens is 383 g/mol. The van der Waals surface area contributed by atoms with E-state index in [0.29, 0.717) is 11.6 Å². The molecule has 1 aliphatic carbocycles. The van der Waals surface area contributed by atoms with Crippen LogP contribution in [-0.4, -0.2) is 13.9 Å². The number of rotatable bonds is 5. The fraction of sp³-hybridized carbons (Fsp3) is 0.522. The Morgan fingerprint density at radius 2 is 2.03 bits per heavy atom. The highest BCUT2D eigenvalue weighted by Crippen LogP contribution is 2.32. The van der Waals surface area contributed by atoms with Crippen LogP contribution in [0.15, 0.2) is 36.8 Å². The van der Waals surface area contributed by atoms with Gasteiger partial charge in [0.1, 0.15) is 6.33 Å². The van der Waals surface area contributed by atoms with Crippen LogP contribution >= 0.6 is 12.3 Å². The Hall–Kier alpha value is -2.13. The Morgan fingerprint density at radius 3 is 2.59 bits per heavy atom. The van der Waals surface area contributed by atoms with Crippen molar-refractivity contribution in [1.29, 1.82) is 5.26 Å². The van der Waals surface area contributed by atoms with Crippen molar-refractivity contribution in [2.75, 3.05) is 0 Å². The number of nitrogens with zero attached hydrogens (tertiary/aromatic N) is 4. The fourth-order valence-electron chi connectivity index (χ4n) is 3.54. The number of allylic oxidation sites excluding steroid dienone is 4. The van der Waals surface area contributed by atoms with Gasteiger partial charge in [-0.15, -0.1) is 3.89 Å². The molecule has 29 heavy (non-hydrogen) atoms. The van der Waals surface area contributed by atoms with Gasteiger partial charge in [0.25, 0.3) is 0 Å². The molecule has 0 spiro atoms. The van der Waals surface area contributed by atoms with Gasteiger partial charge in [-0.25, -0.2) is 13.9 Å². The highest BCUT2D eigenvalue weighted by atomic mass is 32.2. The van der Waals surface area contributed by atoms with Crippen molar-refractivity contribution in [1.82, 2.24) is 13.9 Å². The van der Waals surface area contributed by atoms with Crippen molar-refractivity contribution in [2.24, 2.45) is 11.8 Å². The lowest BCUT2D eigenvalue weighted by Gasteiger charge is -2.14. The molecule has 0 aromatic carbocycles. The average molecular weight is 417 g/mol. The first-order valence-corrected chi connectivity index (χ1v) is 11.1. The zero-order valence-corrected chi connectivity index (χ0v) is 19.0. The van der Waals surface area contributed by atoms with Crippen molar-refractivity contribution < 1.29 is 3.89 Å². The highest BCUT2D eigenvalue weighted by molar-refractivity contribution is 7.92. The monoisotopic (exact) mass is 416 g/mol. The minimum atomic E-state index is 0.135. The molecule has 0 bridgehead atoms. The zero-order chi connectivity index (χ0) is 21.6. The average Bonchev–Trinajstić information content (AvgIpc) is 3.44. The second-order valence-corrected chi connectivity index (χ2v) is 7.33. The fourth-order valence-corrected chi connectivity index (χ4v) is 3.86. The molecule has 0 amide bonds. The van der Waals surface area contributed by atoms with Gasteiger partial charge in [0.05, 0.1) is 11.8 Å². The summed E-state index contributed by atoms with van der Waals surface area (Å²) < 4.78 is 14.0. The number of nitriles is 1. The van der Waals surface area contributed by atoms with Gasteiger partial charge < -0.3 is 0 Å². The minimum absolute atomic E-state index is 0.135. The third kappa shape index (κ3) is 7.01. The zero-order valence-electron chi connectivity index (χ0n) is 18.2. The Morgan fingerprint density at radius 1 is 1.34 bits per heavy atom. The van der Waals surface area contributed by atoms with Gasteiger partial charge >= 0.3 is 0 Å². The molecule has 1 atom stereocenters. The highest BCUT2D eigenvalue weighted by Gasteiger charge is 2.20. The molecule has 0 saturated heterocycles. The van der Waals surface area contributed by atoms with Crippen LogP contribution in [0.3, 0.4) is 0 Å². The summed E-state index contributed by atoms with van der Waals surface area (Å²) in [7, 11) is 0. The normalized spacial score (nSPS) is 15.4. The summed E-state index contributed by atoms with van der Waals surface area (Å²) >= 11 is 0.135. The Labute approximate surface area is 179 Å². The smallest absolute Gasteiger partial charge is 0.171 e. The third-order valence-corrected chi connectivity index (χ3v) is 5.51. The van der Waals surface area contributed by atoms with E-state index in [4.69, 9.17) is 5.26 Å². The topological polar surface area (TPSA) is 54.5 Å². The van der Waals surface area contributed by atoms with Gasteiger partial charge in [0.15, 0.2) is 18.0 Å². The number of halogens is 1. The van der Waals surface area contributed by atoms with Crippen LogP contribution in [0.5, 0.6) is 0 Å². The number of aromatic nitrogens is 3. The van der Waals surface area contributed by atoms with Crippen molar-refractivity contribution >= 4 is 28.9 Å². The molecule has 6 heteroatoms. The first kappa shape index (κ1) is 24.9. The SMILES string of the molecule is C/C=C\C(=C/C)c1ncnc2c1ccn2SF.CC.CC(CC#N)C1CCCC1. The van der Waals surface area contributed by atoms with Gasteiger partial charge in [0.2, 0.25) is 0 Å². The summed E-state index contributed by atoms with van der Waals surface area (Å²) in [5, 5.41) is 9.30. The van der Waals surface area contributed by atoms with Crippen LogP contribution in [0.1, 0.15) is 72.4 Å². The molecule has 1 aliphatic rings. The van der Waals surface area contributed by atoms with Crippen LogP contribution in [0.2, 0.25) is 0 Å². The molecule has 2 aromatic heterocycles. The number of hydrogen-bond acceptors (Lipinski definition) is 4. The molecule has 1 unspecified atom stereocenters. The maximum Gasteiger partial charge on any atom is 0.171 e. The van der Waals surface area contributed by atoms with Crippen molar-refractivity contribution in [3.63, 3.8) is 0 Å². The predicted octanol–water partition coefficient (Wildman–Crippen LogP) is 7.54. The summed E-state index contributed by atoms with van der Waals surface area (Å²) in [6, 6.07) is 4.07. The summed E-state index contributed by atoms with van der Waals surface area (Å²) in [6.45, 7) is 10.1. The van der Waals surface area contributed by atoms with Crippen LogP contribution in [0.25, 0.3) is 16.6 Å². The summed E-state index contributed by atoms with van der Waals surface area (Å²) in [5.74, 6) is 1.51. The van der Waals surface area contributed by atoms with E-state index >= 15 is 0 Å². The van der Waals surface area contributed by atoms with Crippen LogP contribution in [-0.2, 0) is 0 Å². The molecule has 1 fully saturated rings. The summed E-state index contributed by atoms with van der Waals surface area (Å²) in [6.07, 6.45) is 15.3. The van der Waals surface area contributed by atoms with E-state index < -0.39 is 0 Å². The van der Waals surface area contributed by atoms with Crippen LogP contribution < -0.4 is 0 Å². The van der Waals surface area contributed by atoms with Crippen molar-refractivity contribution in [3.05, 3.63) is 42.5 Å². The van der Waals surface area contributed by atoms with Crippen molar-refractivity contribution in [3.8, 4) is 6.07 Å². The first-order chi connectivity index (χ1) is 14.2. The lowest BCUT2D eigenvalue weighted by molar-refractivity contribution is 0.373. The molecule has 158 valence electrons. The van der Waals surface area contributed by atoms with E-state index in [1.807, 2.05) is 52.0 Å². The van der Waals surface area contributed by atoms with E-state index in [1.165, 1.54) is 36.0 Å². The molecule has 0 radical (unpaired) electrons. The lowest BCUT2D eigenvalue weighted by Crippen LogP contribution is -2.05. The van der Waals surface area contributed by atoms with Gasteiger partial charge in [-0.1, -0.05) is 64.7 Å². The molecule has 0 N–H and O–H groups in total. The van der Waals surface area contributed by atoms with Gasteiger partial charge in [-0.05, 0) is 37.3 Å². The Kier molecular flexibility index (Phi) is 12.0. The van der Waals surface area contributed by atoms with Gasteiger partial charge in [0, 0.05) is 18.0 Å². The van der Waals surface area contributed by atoms with E-state index in [2.05, 4.69) is 23.0 Å². The molecule has 2 heterocycles. The number of fused-ring (bicyclic) bond motifs is 1. The van der Waals surface area contributed by atoms with E-state index in [-0.39, 0.29) is 12.3 Å². The molecular formula is C23H33FN4S. The Balaban J connectivity index is 0.000000299. The quantitative estimate of drug-likeness (QED) is 0.472. The Bertz CT molecular complexity index is 829. The standard InChI is InChI=1S/C12H12FN3S.C9H15N.C2H6/c1-3-5-9(4-2)11-10-6-7-16(17-13)12(10)15-8-14-11;1-8(6-7-10)9-4-2-3-5-9;1-2/h3-8H,1-2H3;8-9H,2-6H2,1H3;1-2H3/b5-3-,9-4+;;. The minimum Gasteiger partial charge on any atom is -0.247 e. The second-order valence-electron chi connectivity index (χ2n) is 6.80. The lowest BCUT2D eigenvalue weighted by atomic mass is 9.90. The van der Waals surface area contributed by atoms with E-state index in [9.17, 15) is 3.89 Å². The largest absolute Gasteiger partial charge is 0.247 e. The summed E-state index contributed by atoms with van der Waals surface area (Å²) in [4.78, 5) is 8.36. The van der Waals surface area contributed by atoms with Gasteiger partial charge in [-0.3, -0.25) is 0 Å². The second kappa shape index (κ2) is 13.9. The maximum absolute atomic E-state index is 12.6. The number of hydrogen-bond donors (Lipinski definition) is 0. The third-order valence-electron chi connectivity index (χ3n) is 5.07. The van der Waals surface area contributed by atoms with Crippen LogP contribution in [0.4, 0.5) is 3.89 Å². The van der Waals surface area contributed by atoms with Crippen LogP contribution in [0, 0.1) is 23.2 Å². The molecule has 3 rings (SSSR count). The molecule has 0 aliphatic heterocycles. The summed E-state index contributed by atoms with van der Waals surface area (Å²) in [5.41, 5.74) is 2.41.